The zero-order chi connectivity index (χ0) is 9.45. The maximum Gasteiger partial charge on any atom is -0.0294 e. The monoisotopic (exact) mass is 167 g/mol. The average molecular weight is 167 g/mol. The highest BCUT2D eigenvalue weighted by Crippen LogP contribution is 2.32. The number of rotatable bonds is 6. The molecule has 0 heteroatoms. The maximum absolute atomic E-state index is 3.72. The van der Waals surface area contributed by atoms with E-state index in [-0.39, 0.29) is 0 Å². The normalized spacial score (nSPS) is 16.7. The molecule has 0 heterocycles. The minimum Gasteiger partial charge on any atom is -0.0882 e. The van der Waals surface area contributed by atoms with Crippen molar-refractivity contribution in [2.45, 2.75) is 52.9 Å². The van der Waals surface area contributed by atoms with Gasteiger partial charge in [0.2, 0.25) is 0 Å². The molecule has 0 aliphatic rings. The van der Waals surface area contributed by atoms with Gasteiger partial charge in [-0.2, -0.15) is 0 Å². The Morgan fingerprint density at radius 1 is 1.33 bits per heavy atom. The van der Waals surface area contributed by atoms with Gasteiger partial charge in [0.15, 0.2) is 0 Å². The lowest BCUT2D eigenvalue weighted by Gasteiger charge is -2.26. The highest BCUT2D eigenvalue weighted by Gasteiger charge is 2.18. The molecule has 0 aromatic carbocycles. The lowest BCUT2D eigenvalue weighted by molar-refractivity contribution is 0.279. The van der Waals surface area contributed by atoms with Gasteiger partial charge in [-0.15, -0.1) is 0 Å². The summed E-state index contributed by atoms with van der Waals surface area (Å²) in [5.74, 6) is 0. The minimum absolute atomic E-state index is 0.518. The van der Waals surface area contributed by atoms with E-state index in [1.807, 2.05) is 6.08 Å². The molecule has 0 spiro atoms. The molecule has 71 valence electrons. The van der Waals surface area contributed by atoms with Gasteiger partial charge in [-0.05, 0) is 25.2 Å². The van der Waals surface area contributed by atoms with Crippen molar-refractivity contribution < 1.29 is 0 Å². The van der Waals surface area contributed by atoms with Crippen LogP contribution in [-0.2, 0) is 0 Å². The zero-order valence-electron chi connectivity index (χ0n) is 8.90. The second kappa shape index (κ2) is 6.28. The van der Waals surface area contributed by atoms with Gasteiger partial charge in [-0.25, -0.2) is 0 Å². The summed E-state index contributed by atoms with van der Waals surface area (Å²) in [6.07, 6.45) is 10.6. The second-order valence-corrected chi connectivity index (χ2v) is 3.94. The third-order valence-corrected chi connectivity index (χ3v) is 2.76. The van der Waals surface area contributed by atoms with Crippen molar-refractivity contribution in [1.82, 2.24) is 0 Å². The summed E-state index contributed by atoms with van der Waals surface area (Å²) >= 11 is 0. The van der Waals surface area contributed by atoms with Crippen molar-refractivity contribution in [3.8, 4) is 0 Å². The van der Waals surface area contributed by atoms with E-state index >= 15 is 0 Å². The third-order valence-electron chi connectivity index (χ3n) is 2.76. The summed E-state index contributed by atoms with van der Waals surface area (Å²) in [5, 5.41) is 0. The van der Waals surface area contributed by atoms with Gasteiger partial charge < -0.3 is 0 Å². The Morgan fingerprint density at radius 2 is 2.00 bits per heavy atom. The number of allylic oxidation sites excluding steroid dienone is 2. The van der Waals surface area contributed by atoms with Crippen LogP contribution >= 0.6 is 0 Å². The second-order valence-electron chi connectivity index (χ2n) is 3.94. The van der Waals surface area contributed by atoms with Crippen LogP contribution in [0.3, 0.4) is 0 Å². The molecule has 1 unspecified atom stereocenters. The molecule has 0 bridgehead atoms. The lowest BCUT2D eigenvalue weighted by atomic mass is 9.79. The minimum atomic E-state index is 0.518. The molecule has 0 saturated heterocycles. The van der Waals surface area contributed by atoms with Crippen LogP contribution in [0, 0.1) is 12.3 Å². The van der Waals surface area contributed by atoms with E-state index in [1.54, 1.807) is 0 Å². The predicted octanol–water partition coefficient (Wildman–Crippen LogP) is 4.37. The van der Waals surface area contributed by atoms with E-state index in [0.29, 0.717) is 5.41 Å². The predicted molar refractivity (Wildman–Crippen MR) is 57.0 cm³/mol. The first-order chi connectivity index (χ1) is 5.68. The van der Waals surface area contributed by atoms with Gasteiger partial charge in [0.05, 0.1) is 0 Å². The third kappa shape index (κ3) is 4.58. The quantitative estimate of drug-likeness (QED) is 0.551. The molecule has 1 atom stereocenters. The summed E-state index contributed by atoms with van der Waals surface area (Å²) in [6.45, 7) is 10.6. The molecular formula is C12H23. The zero-order valence-corrected chi connectivity index (χ0v) is 8.90. The summed E-state index contributed by atoms with van der Waals surface area (Å²) < 4.78 is 0. The van der Waals surface area contributed by atoms with Crippen molar-refractivity contribution in [3.05, 3.63) is 19.1 Å². The standard InChI is InChI=1S/C12H23/c1-5-8-10-12(4,7-3)11-9-6-2/h5,8H,1,6-7,9-11H2,2-4H3. The highest BCUT2D eigenvalue weighted by atomic mass is 14.2. The fourth-order valence-electron chi connectivity index (χ4n) is 1.39. The van der Waals surface area contributed by atoms with Crippen molar-refractivity contribution in [1.29, 1.82) is 0 Å². The molecule has 0 rings (SSSR count). The van der Waals surface area contributed by atoms with Crippen molar-refractivity contribution in [2.24, 2.45) is 5.41 Å². The van der Waals surface area contributed by atoms with E-state index in [1.165, 1.54) is 32.1 Å². The smallest absolute Gasteiger partial charge is 0.0294 e. The SMILES string of the molecule is [CH2]C=CCC(C)(CC)CCCC. The summed E-state index contributed by atoms with van der Waals surface area (Å²) in [5.41, 5.74) is 0.518. The first kappa shape index (κ1) is 11.7. The summed E-state index contributed by atoms with van der Waals surface area (Å²) in [6, 6.07) is 0. The van der Waals surface area contributed by atoms with Gasteiger partial charge in [-0.1, -0.05) is 52.2 Å². The summed E-state index contributed by atoms with van der Waals surface area (Å²) in [4.78, 5) is 0. The van der Waals surface area contributed by atoms with Crippen LogP contribution in [0.5, 0.6) is 0 Å². The molecule has 0 aromatic rings. The van der Waals surface area contributed by atoms with Crippen molar-refractivity contribution in [2.75, 3.05) is 0 Å². The molecule has 12 heavy (non-hydrogen) atoms. The van der Waals surface area contributed by atoms with Crippen molar-refractivity contribution in [3.63, 3.8) is 0 Å². The molecule has 0 aliphatic heterocycles. The van der Waals surface area contributed by atoms with Crippen LogP contribution in [0.1, 0.15) is 52.9 Å². The Kier molecular flexibility index (Phi) is 6.14. The number of hydrogen-bond donors (Lipinski definition) is 0. The van der Waals surface area contributed by atoms with Gasteiger partial charge in [-0.3, -0.25) is 0 Å². The fraction of sp³-hybridized carbons (Fsp3) is 0.750. The molecule has 0 saturated carbocycles. The molecule has 0 nitrogen and oxygen atoms in total. The van der Waals surface area contributed by atoms with Gasteiger partial charge in [0.25, 0.3) is 0 Å². The molecule has 0 aliphatic carbocycles. The molecular weight excluding hydrogens is 144 g/mol. The highest BCUT2D eigenvalue weighted by molar-refractivity contribution is 4.89. The Balaban J connectivity index is 3.86. The van der Waals surface area contributed by atoms with E-state index in [2.05, 4.69) is 33.8 Å². The van der Waals surface area contributed by atoms with Crippen LogP contribution in [0.15, 0.2) is 12.2 Å². The first-order valence-electron chi connectivity index (χ1n) is 5.12. The summed E-state index contributed by atoms with van der Waals surface area (Å²) in [7, 11) is 0. The van der Waals surface area contributed by atoms with Crippen LogP contribution in [-0.4, -0.2) is 0 Å². The molecule has 0 aromatic heterocycles. The Labute approximate surface area is 78.1 Å². The van der Waals surface area contributed by atoms with E-state index in [4.69, 9.17) is 0 Å². The first-order valence-corrected chi connectivity index (χ1v) is 5.12. The van der Waals surface area contributed by atoms with Crippen LogP contribution < -0.4 is 0 Å². The van der Waals surface area contributed by atoms with Crippen LogP contribution in [0.2, 0.25) is 0 Å². The van der Waals surface area contributed by atoms with E-state index in [9.17, 15) is 0 Å². The molecule has 0 amide bonds. The van der Waals surface area contributed by atoms with Gasteiger partial charge in [0, 0.05) is 0 Å². The Hall–Kier alpha value is -0.260. The maximum atomic E-state index is 3.72. The van der Waals surface area contributed by atoms with Crippen LogP contribution in [0.25, 0.3) is 0 Å². The van der Waals surface area contributed by atoms with Gasteiger partial charge >= 0.3 is 0 Å². The fourth-order valence-corrected chi connectivity index (χ4v) is 1.39. The van der Waals surface area contributed by atoms with E-state index < -0.39 is 0 Å². The number of hydrogen-bond acceptors (Lipinski definition) is 0. The molecule has 1 radical (unpaired) electrons. The van der Waals surface area contributed by atoms with E-state index in [0.717, 1.165) is 0 Å². The number of unbranched alkanes of at least 4 members (excludes halogenated alkanes) is 1. The Bertz CT molecular complexity index is 124. The Morgan fingerprint density at radius 3 is 2.42 bits per heavy atom. The largest absolute Gasteiger partial charge is 0.0882 e. The van der Waals surface area contributed by atoms with Crippen molar-refractivity contribution >= 4 is 0 Å². The molecule has 0 N–H and O–H groups in total. The topological polar surface area (TPSA) is 0 Å². The van der Waals surface area contributed by atoms with Gasteiger partial charge in [0.1, 0.15) is 0 Å². The van der Waals surface area contributed by atoms with Crippen LogP contribution in [0.4, 0.5) is 0 Å². The molecule has 0 fully saturated rings. The lowest BCUT2D eigenvalue weighted by Crippen LogP contribution is -2.13. The average Bonchev–Trinajstić information content (AvgIpc) is 2.11.